The fraction of sp³-hybridized carbons (Fsp3) is 0.0769. The molecule has 0 bridgehead atoms. The Morgan fingerprint density at radius 1 is 1.00 bits per heavy atom. The highest BCUT2D eigenvalue weighted by Crippen LogP contribution is 2.33. The van der Waals surface area contributed by atoms with Crippen LogP contribution >= 0.6 is 34.8 Å². The Kier molecular flexibility index (Phi) is 4.13. The molecule has 0 aliphatic heterocycles. The molecule has 1 unspecified atom stereocenters. The molecule has 0 spiro atoms. The topological polar surface area (TPSA) is 26.0 Å². The number of hydrogen-bond donors (Lipinski definition) is 1. The minimum atomic E-state index is -0.733. The van der Waals surface area contributed by atoms with Gasteiger partial charge in [0.25, 0.3) is 0 Å². The van der Waals surface area contributed by atoms with E-state index in [4.69, 9.17) is 40.5 Å². The minimum absolute atomic E-state index is 0.300. The molecule has 1 atom stereocenters. The number of nitrogens with two attached hydrogens (primary N) is 1. The van der Waals surface area contributed by atoms with Crippen LogP contribution in [0.25, 0.3) is 0 Å². The van der Waals surface area contributed by atoms with Gasteiger partial charge in [0.05, 0.1) is 6.04 Å². The molecule has 0 aliphatic carbocycles. The number of benzene rings is 2. The van der Waals surface area contributed by atoms with Crippen molar-refractivity contribution in [2.24, 2.45) is 5.73 Å². The summed E-state index contributed by atoms with van der Waals surface area (Å²) in [5.74, 6) is -0.481. The number of rotatable bonds is 2. The standard InChI is InChI=1S/C13H9Cl3FN/c14-7-4-5-8(11(17)6-7)13(18)12-9(15)2-1-3-10(12)16/h1-6,13H,18H2. The highest BCUT2D eigenvalue weighted by molar-refractivity contribution is 6.36. The predicted octanol–water partition coefficient (Wildman–Crippen LogP) is 4.83. The van der Waals surface area contributed by atoms with E-state index >= 15 is 0 Å². The molecule has 2 aromatic carbocycles. The molecule has 2 N–H and O–H groups in total. The van der Waals surface area contributed by atoms with Gasteiger partial charge < -0.3 is 5.73 Å². The van der Waals surface area contributed by atoms with Crippen molar-refractivity contribution >= 4 is 34.8 Å². The summed E-state index contributed by atoms with van der Waals surface area (Å²) in [6.07, 6.45) is 0. The lowest BCUT2D eigenvalue weighted by Gasteiger charge is -2.16. The SMILES string of the molecule is NC(c1ccc(Cl)cc1F)c1c(Cl)cccc1Cl. The normalized spacial score (nSPS) is 12.5. The maximum atomic E-state index is 13.8. The first-order valence-corrected chi connectivity index (χ1v) is 6.28. The second kappa shape index (κ2) is 5.45. The minimum Gasteiger partial charge on any atom is -0.320 e. The van der Waals surface area contributed by atoms with Gasteiger partial charge in [0.15, 0.2) is 0 Å². The summed E-state index contributed by atoms with van der Waals surface area (Å²) >= 11 is 17.8. The molecule has 0 aromatic heterocycles. The van der Waals surface area contributed by atoms with Crippen LogP contribution in [0.3, 0.4) is 0 Å². The zero-order chi connectivity index (χ0) is 13.3. The zero-order valence-electron chi connectivity index (χ0n) is 9.13. The van der Waals surface area contributed by atoms with Gasteiger partial charge in [0.1, 0.15) is 5.82 Å². The third-order valence-corrected chi connectivity index (χ3v) is 3.50. The van der Waals surface area contributed by atoms with Crippen LogP contribution in [0.4, 0.5) is 4.39 Å². The van der Waals surface area contributed by atoms with Crippen LogP contribution < -0.4 is 5.73 Å². The zero-order valence-corrected chi connectivity index (χ0v) is 11.4. The van der Waals surface area contributed by atoms with E-state index in [1.165, 1.54) is 12.1 Å². The van der Waals surface area contributed by atoms with E-state index in [-0.39, 0.29) is 0 Å². The van der Waals surface area contributed by atoms with E-state index in [0.29, 0.717) is 26.2 Å². The van der Waals surface area contributed by atoms with E-state index in [2.05, 4.69) is 0 Å². The first kappa shape index (κ1) is 13.6. The molecule has 18 heavy (non-hydrogen) atoms. The van der Waals surface area contributed by atoms with Crippen LogP contribution in [0.1, 0.15) is 17.2 Å². The quantitative estimate of drug-likeness (QED) is 0.844. The smallest absolute Gasteiger partial charge is 0.129 e. The molecular weight excluding hydrogens is 296 g/mol. The van der Waals surface area contributed by atoms with Crippen molar-refractivity contribution in [2.45, 2.75) is 6.04 Å². The molecular formula is C13H9Cl3FN. The lowest BCUT2D eigenvalue weighted by atomic mass is 9.99. The van der Waals surface area contributed by atoms with Crippen molar-refractivity contribution in [3.8, 4) is 0 Å². The van der Waals surface area contributed by atoms with Crippen LogP contribution in [0.15, 0.2) is 36.4 Å². The van der Waals surface area contributed by atoms with E-state index in [9.17, 15) is 4.39 Å². The summed E-state index contributed by atoms with van der Waals surface area (Å²) in [6, 6.07) is 8.61. The molecule has 2 rings (SSSR count). The van der Waals surface area contributed by atoms with Gasteiger partial charge in [-0.2, -0.15) is 0 Å². The third kappa shape index (κ3) is 2.62. The predicted molar refractivity (Wildman–Crippen MR) is 73.9 cm³/mol. The van der Waals surface area contributed by atoms with Crippen LogP contribution in [-0.2, 0) is 0 Å². The fourth-order valence-corrected chi connectivity index (χ4v) is 2.51. The molecule has 94 valence electrons. The van der Waals surface area contributed by atoms with Crippen molar-refractivity contribution in [3.63, 3.8) is 0 Å². The van der Waals surface area contributed by atoms with Crippen molar-refractivity contribution in [2.75, 3.05) is 0 Å². The van der Waals surface area contributed by atoms with Crippen LogP contribution in [0.2, 0.25) is 15.1 Å². The van der Waals surface area contributed by atoms with E-state index in [0.717, 1.165) is 0 Å². The first-order chi connectivity index (χ1) is 8.50. The summed E-state index contributed by atoms with van der Waals surface area (Å²) < 4.78 is 13.8. The second-order valence-corrected chi connectivity index (χ2v) is 5.03. The van der Waals surface area contributed by atoms with Gasteiger partial charge in [-0.25, -0.2) is 4.39 Å². The van der Waals surface area contributed by atoms with E-state index in [1.54, 1.807) is 24.3 Å². The molecule has 0 radical (unpaired) electrons. The molecule has 1 nitrogen and oxygen atoms in total. The van der Waals surface area contributed by atoms with Crippen molar-refractivity contribution in [1.82, 2.24) is 0 Å². The van der Waals surface area contributed by atoms with Crippen LogP contribution in [0.5, 0.6) is 0 Å². The van der Waals surface area contributed by atoms with E-state index < -0.39 is 11.9 Å². The third-order valence-electron chi connectivity index (χ3n) is 2.61. The molecule has 2 aromatic rings. The summed E-state index contributed by atoms with van der Waals surface area (Å²) in [7, 11) is 0. The van der Waals surface area contributed by atoms with Gasteiger partial charge in [-0.05, 0) is 24.3 Å². The monoisotopic (exact) mass is 303 g/mol. The summed E-state index contributed by atoms with van der Waals surface area (Å²) in [5, 5.41) is 1.13. The Hall–Kier alpha value is -0.800. The lowest BCUT2D eigenvalue weighted by Crippen LogP contribution is -2.14. The number of halogens is 4. The highest BCUT2D eigenvalue weighted by atomic mass is 35.5. The fourth-order valence-electron chi connectivity index (χ4n) is 1.72. The van der Waals surface area contributed by atoms with Crippen LogP contribution in [-0.4, -0.2) is 0 Å². The summed E-state index contributed by atoms with van der Waals surface area (Å²) in [4.78, 5) is 0. The van der Waals surface area contributed by atoms with Gasteiger partial charge in [-0.3, -0.25) is 0 Å². The molecule has 0 heterocycles. The van der Waals surface area contributed by atoms with Gasteiger partial charge in [-0.15, -0.1) is 0 Å². The molecule has 0 aliphatic rings. The Labute approximate surface area is 119 Å². The molecule has 0 amide bonds. The van der Waals surface area contributed by atoms with E-state index in [1.807, 2.05) is 0 Å². The van der Waals surface area contributed by atoms with Gasteiger partial charge in [0.2, 0.25) is 0 Å². The Bertz CT molecular complexity index is 566. The summed E-state index contributed by atoms with van der Waals surface area (Å²) in [6.45, 7) is 0. The molecule has 5 heteroatoms. The summed E-state index contributed by atoms with van der Waals surface area (Å²) in [5.41, 5.74) is 6.82. The average molecular weight is 305 g/mol. The Balaban J connectivity index is 2.51. The maximum absolute atomic E-state index is 13.8. The van der Waals surface area contributed by atoms with Crippen molar-refractivity contribution in [3.05, 3.63) is 68.4 Å². The highest BCUT2D eigenvalue weighted by Gasteiger charge is 2.19. The largest absolute Gasteiger partial charge is 0.320 e. The maximum Gasteiger partial charge on any atom is 0.129 e. The van der Waals surface area contributed by atoms with Gasteiger partial charge >= 0.3 is 0 Å². The van der Waals surface area contributed by atoms with Crippen LogP contribution in [0, 0.1) is 5.82 Å². The van der Waals surface area contributed by atoms with Crippen molar-refractivity contribution < 1.29 is 4.39 Å². The molecule has 0 saturated heterocycles. The van der Waals surface area contributed by atoms with Gasteiger partial charge in [-0.1, -0.05) is 46.9 Å². The average Bonchev–Trinajstić information content (AvgIpc) is 2.28. The first-order valence-electron chi connectivity index (χ1n) is 5.15. The van der Waals surface area contributed by atoms with Gasteiger partial charge in [0, 0.05) is 26.2 Å². The Morgan fingerprint density at radius 2 is 1.61 bits per heavy atom. The molecule has 0 fully saturated rings. The molecule has 0 saturated carbocycles. The van der Waals surface area contributed by atoms with Crippen molar-refractivity contribution in [1.29, 1.82) is 0 Å². The number of hydrogen-bond acceptors (Lipinski definition) is 1. The lowest BCUT2D eigenvalue weighted by molar-refractivity contribution is 0.600. The Morgan fingerprint density at radius 3 is 2.17 bits per heavy atom. The second-order valence-electron chi connectivity index (χ2n) is 3.78.